The van der Waals surface area contributed by atoms with Gasteiger partial charge in [0.2, 0.25) is 0 Å². The zero-order valence-electron chi connectivity index (χ0n) is 20.2. The standard InChI is InChI=1S/C26H31NO7/c1-16(2)34-18-9-7-17(8-10-18)23-22(25(29)26(30)27(23)13-6-14-31-3)24(28)20-12-11-19(32-4)15-21(20)33-5/h7-12,15-16,23,28H,6,13-14H2,1-5H3/b24-22-. The first-order valence-corrected chi connectivity index (χ1v) is 11.1. The summed E-state index contributed by atoms with van der Waals surface area (Å²) in [5, 5.41) is 11.3. The Labute approximate surface area is 199 Å². The van der Waals surface area contributed by atoms with Crippen LogP contribution in [0.4, 0.5) is 0 Å². The van der Waals surface area contributed by atoms with Crippen molar-refractivity contribution < 1.29 is 33.6 Å². The minimum Gasteiger partial charge on any atom is -0.507 e. The Morgan fingerprint density at radius 1 is 1.00 bits per heavy atom. The van der Waals surface area contributed by atoms with E-state index in [0.29, 0.717) is 47.9 Å². The van der Waals surface area contributed by atoms with Gasteiger partial charge in [-0.05, 0) is 50.1 Å². The van der Waals surface area contributed by atoms with E-state index in [1.807, 2.05) is 13.8 Å². The van der Waals surface area contributed by atoms with Crippen LogP contribution in [0.3, 0.4) is 0 Å². The van der Waals surface area contributed by atoms with Gasteiger partial charge in [0.15, 0.2) is 0 Å². The summed E-state index contributed by atoms with van der Waals surface area (Å²) in [6.45, 7) is 4.59. The highest BCUT2D eigenvalue weighted by molar-refractivity contribution is 6.46. The normalized spacial score (nSPS) is 17.4. The second-order valence-corrected chi connectivity index (χ2v) is 8.14. The number of aliphatic hydroxyl groups excluding tert-OH is 1. The molecule has 0 radical (unpaired) electrons. The number of ether oxygens (including phenoxy) is 4. The predicted molar refractivity (Wildman–Crippen MR) is 127 cm³/mol. The number of amides is 1. The van der Waals surface area contributed by atoms with Gasteiger partial charge in [0.1, 0.15) is 23.0 Å². The lowest BCUT2D eigenvalue weighted by molar-refractivity contribution is -0.140. The Kier molecular flexibility index (Phi) is 8.17. The van der Waals surface area contributed by atoms with Crippen LogP contribution >= 0.6 is 0 Å². The van der Waals surface area contributed by atoms with E-state index in [9.17, 15) is 14.7 Å². The number of hydrogen-bond donors (Lipinski definition) is 1. The van der Waals surface area contributed by atoms with Crippen molar-refractivity contribution in [1.82, 2.24) is 4.90 Å². The second kappa shape index (κ2) is 11.1. The number of carbonyl (C=O) groups excluding carboxylic acids is 2. The molecule has 0 bridgehead atoms. The van der Waals surface area contributed by atoms with Gasteiger partial charge in [0.25, 0.3) is 11.7 Å². The molecule has 8 heteroatoms. The van der Waals surface area contributed by atoms with Crippen molar-refractivity contribution in [1.29, 1.82) is 0 Å². The summed E-state index contributed by atoms with van der Waals surface area (Å²) in [4.78, 5) is 27.6. The Bertz CT molecular complexity index is 1060. The minimum atomic E-state index is -0.767. The molecular formula is C26H31NO7. The summed E-state index contributed by atoms with van der Waals surface area (Å²) in [5.74, 6) is -0.197. The molecule has 1 unspecified atom stereocenters. The van der Waals surface area contributed by atoms with Crippen molar-refractivity contribution in [2.45, 2.75) is 32.4 Å². The lowest BCUT2D eigenvalue weighted by atomic mass is 9.95. The van der Waals surface area contributed by atoms with E-state index >= 15 is 0 Å². The highest BCUT2D eigenvalue weighted by Crippen LogP contribution is 2.42. The first kappa shape index (κ1) is 25.1. The summed E-state index contributed by atoms with van der Waals surface area (Å²) in [6, 6.07) is 11.3. The molecule has 34 heavy (non-hydrogen) atoms. The SMILES string of the molecule is COCCCN1C(=O)C(=O)/C(=C(\O)c2ccc(OC)cc2OC)C1c1ccc(OC(C)C)cc1. The molecule has 1 aliphatic rings. The number of benzene rings is 2. The third-order valence-electron chi connectivity index (χ3n) is 5.52. The molecule has 1 heterocycles. The molecular weight excluding hydrogens is 438 g/mol. The number of methoxy groups -OCH3 is 3. The molecule has 1 atom stereocenters. The van der Waals surface area contributed by atoms with Crippen LogP contribution in [0.5, 0.6) is 17.2 Å². The Morgan fingerprint density at radius 3 is 2.26 bits per heavy atom. The third-order valence-corrected chi connectivity index (χ3v) is 5.52. The summed E-state index contributed by atoms with van der Waals surface area (Å²) < 4.78 is 21.5. The van der Waals surface area contributed by atoms with Gasteiger partial charge in [-0.25, -0.2) is 0 Å². The van der Waals surface area contributed by atoms with E-state index in [2.05, 4.69) is 0 Å². The minimum absolute atomic E-state index is 0.00316. The van der Waals surface area contributed by atoms with Gasteiger partial charge in [-0.2, -0.15) is 0 Å². The van der Waals surface area contributed by atoms with E-state index in [1.165, 1.54) is 19.1 Å². The molecule has 0 saturated carbocycles. The molecule has 1 aliphatic heterocycles. The van der Waals surface area contributed by atoms with Crippen LogP contribution in [0.15, 0.2) is 48.0 Å². The molecule has 1 amide bonds. The van der Waals surface area contributed by atoms with Crippen molar-refractivity contribution in [2.24, 2.45) is 0 Å². The molecule has 2 aromatic rings. The van der Waals surface area contributed by atoms with Gasteiger partial charge in [-0.3, -0.25) is 9.59 Å². The quantitative estimate of drug-likeness (QED) is 0.244. The lowest BCUT2D eigenvalue weighted by Gasteiger charge is -2.25. The molecule has 2 aromatic carbocycles. The van der Waals surface area contributed by atoms with Gasteiger partial charge in [0.05, 0.1) is 37.5 Å². The monoisotopic (exact) mass is 469 g/mol. The number of hydrogen-bond acceptors (Lipinski definition) is 7. The molecule has 8 nitrogen and oxygen atoms in total. The fourth-order valence-corrected chi connectivity index (χ4v) is 3.98. The first-order chi connectivity index (χ1) is 16.3. The highest BCUT2D eigenvalue weighted by atomic mass is 16.5. The van der Waals surface area contributed by atoms with E-state index in [1.54, 1.807) is 49.6 Å². The number of Topliss-reactive ketones (excluding diaryl/α,β-unsaturated/α-hetero) is 1. The van der Waals surface area contributed by atoms with Crippen molar-refractivity contribution >= 4 is 17.4 Å². The Balaban J connectivity index is 2.13. The fourth-order valence-electron chi connectivity index (χ4n) is 3.98. The Morgan fingerprint density at radius 2 is 1.68 bits per heavy atom. The molecule has 1 saturated heterocycles. The first-order valence-electron chi connectivity index (χ1n) is 11.1. The van der Waals surface area contributed by atoms with E-state index in [4.69, 9.17) is 18.9 Å². The van der Waals surface area contributed by atoms with Crippen LogP contribution in [-0.4, -0.2) is 62.3 Å². The molecule has 0 aliphatic carbocycles. The average Bonchev–Trinajstić information content (AvgIpc) is 3.08. The van der Waals surface area contributed by atoms with Crippen LogP contribution < -0.4 is 14.2 Å². The largest absolute Gasteiger partial charge is 0.507 e. The summed E-state index contributed by atoms with van der Waals surface area (Å²) in [5.41, 5.74) is 0.980. The van der Waals surface area contributed by atoms with Crippen LogP contribution in [0.2, 0.25) is 0 Å². The van der Waals surface area contributed by atoms with Gasteiger partial charge < -0.3 is 29.0 Å². The maximum atomic E-state index is 13.2. The third kappa shape index (κ3) is 5.17. The number of rotatable bonds is 10. The average molecular weight is 470 g/mol. The van der Waals surface area contributed by atoms with E-state index in [-0.39, 0.29) is 17.4 Å². The smallest absolute Gasteiger partial charge is 0.295 e. The van der Waals surface area contributed by atoms with Crippen molar-refractivity contribution in [3.63, 3.8) is 0 Å². The van der Waals surface area contributed by atoms with E-state index in [0.717, 1.165) is 0 Å². The maximum Gasteiger partial charge on any atom is 0.295 e. The van der Waals surface area contributed by atoms with Gasteiger partial charge in [0, 0.05) is 26.3 Å². The fraction of sp³-hybridized carbons (Fsp3) is 0.385. The van der Waals surface area contributed by atoms with Gasteiger partial charge in [-0.15, -0.1) is 0 Å². The number of carbonyl (C=O) groups is 2. The molecule has 3 rings (SSSR count). The Hall–Kier alpha value is -3.52. The second-order valence-electron chi connectivity index (χ2n) is 8.14. The zero-order valence-corrected chi connectivity index (χ0v) is 20.2. The molecule has 1 fully saturated rings. The maximum absolute atomic E-state index is 13.2. The number of aliphatic hydroxyl groups is 1. The number of ketones is 1. The van der Waals surface area contributed by atoms with Crippen molar-refractivity contribution in [3.8, 4) is 17.2 Å². The zero-order chi connectivity index (χ0) is 24.8. The topological polar surface area (TPSA) is 94.5 Å². The highest BCUT2D eigenvalue weighted by Gasteiger charge is 2.46. The lowest BCUT2D eigenvalue weighted by Crippen LogP contribution is -2.31. The molecule has 0 spiro atoms. The van der Waals surface area contributed by atoms with Crippen LogP contribution in [0.1, 0.15) is 37.4 Å². The molecule has 182 valence electrons. The van der Waals surface area contributed by atoms with Crippen LogP contribution in [0, 0.1) is 0 Å². The summed E-state index contributed by atoms with van der Waals surface area (Å²) in [6.07, 6.45) is 0.550. The van der Waals surface area contributed by atoms with Crippen molar-refractivity contribution in [2.75, 3.05) is 34.5 Å². The van der Waals surface area contributed by atoms with E-state index < -0.39 is 17.7 Å². The molecule has 0 aromatic heterocycles. The van der Waals surface area contributed by atoms with Crippen LogP contribution in [-0.2, 0) is 14.3 Å². The van der Waals surface area contributed by atoms with Gasteiger partial charge in [-0.1, -0.05) is 12.1 Å². The number of likely N-dealkylation sites (tertiary alicyclic amines) is 1. The summed E-state index contributed by atoms with van der Waals surface area (Å²) in [7, 11) is 4.56. The van der Waals surface area contributed by atoms with Gasteiger partial charge >= 0.3 is 0 Å². The van der Waals surface area contributed by atoms with Crippen molar-refractivity contribution in [3.05, 3.63) is 59.2 Å². The predicted octanol–water partition coefficient (Wildman–Crippen LogP) is 3.95. The summed E-state index contributed by atoms with van der Waals surface area (Å²) >= 11 is 0. The molecule has 1 N–H and O–H groups in total. The number of nitrogens with zero attached hydrogens (tertiary/aromatic N) is 1. The van der Waals surface area contributed by atoms with Crippen LogP contribution in [0.25, 0.3) is 5.76 Å².